The van der Waals surface area contributed by atoms with Gasteiger partial charge in [0, 0.05) is 5.92 Å². The van der Waals surface area contributed by atoms with Crippen LogP contribution in [0.5, 0.6) is 0 Å². The Kier molecular flexibility index (Phi) is 15.6. The van der Waals surface area contributed by atoms with E-state index in [1.165, 1.54) is 0 Å². The van der Waals surface area contributed by atoms with E-state index in [1.54, 1.807) is 0 Å². The molecule has 8 rings (SSSR count). The monoisotopic (exact) mass is 1350 g/mol. The molecule has 0 radical (unpaired) electrons. The first kappa shape index (κ1) is 68.2. The van der Waals surface area contributed by atoms with Crippen molar-refractivity contribution in [3.05, 3.63) is 209 Å². The molecule has 0 N–H and O–H groups in total. The highest BCUT2D eigenvalue weighted by atomic mass is 19.5. The van der Waals surface area contributed by atoms with Crippen LogP contribution in [0.1, 0.15) is 112 Å². The summed E-state index contributed by atoms with van der Waals surface area (Å²) >= 11 is 0. The number of hydrogen-bond acceptors (Lipinski definition) is 0. The molecule has 90 heavy (non-hydrogen) atoms. The zero-order valence-electron chi connectivity index (χ0n) is 42.0. The zero-order chi connectivity index (χ0) is 68.4. The van der Waals surface area contributed by atoms with Gasteiger partial charge in [-0.3, -0.25) is 0 Å². The first-order valence-electron chi connectivity index (χ1n) is 23.5. The predicted molar refractivity (Wildman–Crippen MR) is 236 cm³/mol. The lowest BCUT2D eigenvalue weighted by molar-refractivity contribution is -0.145. The highest BCUT2D eigenvalue weighted by Gasteiger charge is 2.64. The summed E-state index contributed by atoms with van der Waals surface area (Å²) in [6.07, 6.45) is -78.5. The first-order chi connectivity index (χ1) is 40.2. The number of hydrogen-bond donors (Lipinski definition) is 0. The van der Waals surface area contributed by atoms with Crippen LogP contribution >= 0.6 is 0 Å². The van der Waals surface area contributed by atoms with Crippen LogP contribution in [0.3, 0.4) is 0 Å². The predicted octanol–water partition coefficient (Wildman–Crippen LogP) is 22.5. The molecular formula is C54H18F36. The third kappa shape index (κ3) is 12.6. The van der Waals surface area contributed by atoms with Crippen molar-refractivity contribution in [2.24, 2.45) is 0 Å². The molecule has 0 spiro atoms. The van der Waals surface area contributed by atoms with Crippen molar-refractivity contribution in [3.8, 4) is 0 Å². The first-order valence-corrected chi connectivity index (χ1v) is 23.5. The molecule has 0 fully saturated rings. The van der Waals surface area contributed by atoms with Crippen molar-refractivity contribution in [1.82, 2.24) is 0 Å². The van der Waals surface area contributed by atoms with Gasteiger partial charge in [-0.15, -0.1) is 0 Å². The van der Waals surface area contributed by atoms with Crippen LogP contribution in [-0.4, -0.2) is 0 Å². The second-order valence-electron chi connectivity index (χ2n) is 19.7. The molecule has 2 atom stereocenters. The van der Waals surface area contributed by atoms with Gasteiger partial charge in [0.25, 0.3) is 0 Å². The van der Waals surface area contributed by atoms with Crippen molar-refractivity contribution in [2.75, 3.05) is 0 Å². The van der Waals surface area contributed by atoms with Crippen molar-refractivity contribution >= 4 is 22.3 Å². The zero-order valence-corrected chi connectivity index (χ0v) is 42.0. The van der Waals surface area contributed by atoms with E-state index in [0.717, 1.165) is 0 Å². The summed E-state index contributed by atoms with van der Waals surface area (Å²) in [5.74, 6) is -4.46. The van der Waals surface area contributed by atoms with Gasteiger partial charge in [-0.2, -0.15) is 158 Å². The van der Waals surface area contributed by atoms with Gasteiger partial charge in [0.15, 0.2) is 0 Å². The molecule has 0 bridgehead atoms. The lowest BCUT2D eigenvalue weighted by Crippen LogP contribution is -2.34. The minimum absolute atomic E-state index is 0.874. The SMILES string of the molecule is FC(F)(F)c1cc(C2=C(c3cc(C(F)(F)F)cc(C(F)(F)F)c3)[C@@]3(c4cc(C(F)(F)F)cc(C(F)(F)F)c4)C(=C2c2cc(C(F)(F)F)cc(C(F)(F)F)c2)c2cc(C(F)(F)F)cc(C(F)(F)F)c2[C@H]3c2cc(C(F)(F)F)cc(C(F)(F)F)c2)cc(C(F)(F)F)c1. The molecular weight excluding hydrogens is 1330 g/mol. The summed E-state index contributed by atoms with van der Waals surface area (Å²) in [5, 5.41) is 0. The molecule has 0 aromatic heterocycles. The lowest BCUT2D eigenvalue weighted by Gasteiger charge is -2.41. The fourth-order valence-electron chi connectivity index (χ4n) is 10.6. The number of fused-ring (bicyclic) bond motifs is 3. The maximum atomic E-state index is 16.0. The molecule has 0 saturated heterocycles. The Hall–Kier alpha value is -7.72. The number of allylic oxidation sites excluding steroid dienone is 4. The summed E-state index contributed by atoms with van der Waals surface area (Å²) in [6, 6.07) is -16.6. The Labute approximate surface area is 474 Å². The summed E-state index contributed by atoms with van der Waals surface area (Å²) in [5.41, 5.74) is -70.4. The highest BCUT2D eigenvalue weighted by Crippen LogP contribution is 2.75. The van der Waals surface area contributed by atoms with Crippen LogP contribution in [0.25, 0.3) is 22.3 Å². The van der Waals surface area contributed by atoms with Gasteiger partial charge in [-0.1, -0.05) is 0 Å². The van der Waals surface area contributed by atoms with E-state index in [1.807, 2.05) is 0 Å². The van der Waals surface area contributed by atoms with Crippen molar-refractivity contribution in [2.45, 2.75) is 85.4 Å². The van der Waals surface area contributed by atoms with Gasteiger partial charge < -0.3 is 0 Å². The van der Waals surface area contributed by atoms with Crippen LogP contribution < -0.4 is 0 Å². The summed E-state index contributed by atoms with van der Waals surface area (Å²) in [6.45, 7) is 0. The summed E-state index contributed by atoms with van der Waals surface area (Å²) < 4.78 is 548. The Morgan fingerprint density at radius 2 is 0.456 bits per heavy atom. The molecule has 2 aliphatic rings. The van der Waals surface area contributed by atoms with E-state index >= 15 is 158 Å². The molecule has 0 aliphatic heterocycles. The molecule has 0 unspecified atom stereocenters. The highest BCUT2D eigenvalue weighted by molar-refractivity contribution is 6.33. The molecule has 0 saturated carbocycles. The van der Waals surface area contributed by atoms with E-state index in [0.29, 0.717) is 0 Å². The van der Waals surface area contributed by atoms with Crippen molar-refractivity contribution in [3.63, 3.8) is 0 Å². The van der Waals surface area contributed by atoms with Crippen molar-refractivity contribution in [1.29, 1.82) is 0 Å². The van der Waals surface area contributed by atoms with Gasteiger partial charge in [0.05, 0.1) is 72.2 Å². The Balaban J connectivity index is 1.98. The average molecular weight is 1350 g/mol. The maximum Gasteiger partial charge on any atom is 0.416 e. The Morgan fingerprint density at radius 1 is 0.222 bits per heavy atom. The van der Waals surface area contributed by atoms with Crippen LogP contribution in [0.15, 0.2) is 103 Å². The Morgan fingerprint density at radius 3 is 0.722 bits per heavy atom. The van der Waals surface area contributed by atoms with E-state index in [4.69, 9.17) is 0 Å². The maximum absolute atomic E-state index is 16.0. The molecule has 0 nitrogen and oxygen atoms in total. The molecule has 6 aromatic rings. The van der Waals surface area contributed by atoms with Gasteiger partial charge in [-0.05, 0) is 164 Å². The van der Waals surface area contributed by atoms with Gasteiger partial charge in [-0.25, -0.2) is 0 Å². The van der Waals surface area contributed by atoms with Crippen LogP contribution in [0, 0.1) is 0 Å². The summed E-state index contributed by atoms with van der Waals surface area (Å²) in [4.78, 5) is 0. The fraction of sp³-hybridized carbons (Fsp3) is 0.259. The quantitative estimate of drug-likeness (QED) is 0.151. The summed E-state index contributed by atoms with van der Waals surface area (Å²) in [7, 11) is 0. The lowest BCUT2D eigenvalue weighted by atomic mass is 9.60. The normalized spacial score (nSPS) is 17.8. The Bertz CT molecular complexity index is 3680. The number of alkyl halides is 36. The minimum atomic E-state index is -6.89. The molecule has 0 amide bonds. The molecule has 36 heteroatoms. The largest absolute Gasteiger partial charge is 0.416 e. The van der Waals surface area contributed by atoms with E-state index < -0.39 is 317 Å². The van der Waals surface area contributed by atoms with E-state index in [9.17, 15) is 0 Å². The number of benzene rings is 6. The smallest absolute Gasteiger partial charge is 0.166 e. The molecule has 2 aliphatic carbocycles. The van der Waals surface area contributed by atoms with Crippen LogP contribution in [0.4, 0.5) is 158 Å². The van der Waals surface area contributed by atoms with Crippen LogP contribution in [-0.2, 0) is 79.5 Å². The number of rotatable bonds is 5. The van der Waals surface area contributed by atoms with Crippen molar-refractivity contribution < 1.29 is 158 Å². The third-order valence-corrected chi connectivity index (χ3v) is 14.0. The fourth-order valence-corrected chi connectivity index (χ4v) is 10.6. The van der Waals surface area contributed by atoms with E-state index in [2.05, 4.69) is 0 Å². The average Bonchev–Trinajstić information content (AvgIpc) is 1.48. The van der Waals surface area contributed by atoms with Gasteiger partial charge >= 0.3 is 74.1 Å². The molecule has 6 aromatic carbocycles. The topological polar surface area (TPSA) is 0 Å². The minimum Gasteiger partial charge on any atom is -0.166 e. The second kappa shape index (κ2) is 20.6. The van der Waals surface area contributed by atoms with Gasteiger partial charge in [0.2, 0.25) is 0 Å². The number of halogens is 36. The van der Waals surface area contributed by atoms with Crippen LogP contribution in [0.2, 0.25) is 0 Å². The molecule has 0 heterocycles. The second-order valence-corrected chi connectivity index (χ2v) is 19.7. The standard InChI is InChI=1S/C54H18F36/c55-43(56,57)23-1-18(2-24(11-23)44(58,59)60)36-37(19-3-25(45(61,62)63)12-26(4-19)46(64,65)66)41-34-16-33(53(85,86)87)17-35(54(88,89)90)38(34)40(21-7-29(49(73,74)75)14-30(8-21)50(76,77)78)42(41,22-9-31(51(79,80)81)15-32(10-22)52(82,83)84)39(36)20-5-27(47(67,68)69)13-28(6-20)48(70,71)72/h1-17,40H/t40-,42-/m1/s1. The van der Waals surface area contributed by atoms with E-state index in [-0.39, 0.29) is 0 Å². The molecule has 486 valence electrons. The van der Waals surface area contributed by atoms with Gasteiger partial charge in [0.1, 0.15) is 0 Å². The third-order valence-electron chi connectivity index (χ3n) is 14.0.